The number of hydrogen-bond donors (Lipinski definition) is 2. The third kappa shape index (κ3) is 4.66. The summed E-state index contributed by atoms with van der Waals surface area (Å²) in [6.07, 6.45) is 7.39. The van der Waals surface area contributed by atoms with Crippen LogP contribution >= 0.6 is 0 Å². The number of carboxylic acid groups (broad SMARTS) is 1. The van der Waals surface area contributed by atoms with Gasteiger partial charge in [0.15, 0.2) is 0 Å². The summed E-state index contributed by atoms with van der Waals surface area (Å²) < 4.78 is 0. The van der Waals surface area contributed by atoms with E-state index in [-0.39, 0.29) is 18.5 Å². The van der Waals surface area contributed by atoms with Crippen LogP contribution in [0.1, 0.15) is 32.6 Å². The number of likely N-dealkylation sites (tertiary alicyclic amines) is 1. The van der Waals surface area contributed by atoms with Crippen LogP contribution in [0.4, 0.5) is 4.79 Å². The maximum Gasteiger partial charge on any atom is 0.317 e. The molecule has 0 aromatic carbocycles. The van der Waals surface area contributed by atoms with Crippen molar-refractivity contribution in [2.45, 2.75) is 38.6 Å². The van der Waals surface area contributed by atoms with Gasteiger partial charge >= 0.3 is 12.0 Å². The van der Waals surface area contributed by atoms with Gasteiger partial charge in [0, 0.05) is 32.0 Å². The van der Waals surface area contributed by atoms with Crippen LogP contribution < -0.4 is 5.32 Å². The Morgan fingerprint density at radius 3 is 2.94 bits per heavy atom. The Hall–Kier alpha value is -1.70. The summed E-state index contributed by atoms with van der Waals surface area (Å²) in [5.74, 6) is 2.03. The lowest BCUT2D eigenvalue weighted by Crippen LogP contribution is -2.42. The molecule has 2 amide bonds. The molecule has 18 heavy (non-hydrogen) atoms. The number of carbonyl (C=O) groups excluding carboxylic acids is 1. The van der Waals surface area contributed by atoms with Crippen molar-refractivity contribution in [2.24, 2.45) is 5.92 Å². The van der Waals surface area contributed by atoms with E-state index in [2.05, 4.69) is 11.2 Å². The Morgan fingerprint density at radius 1 is 1.61 bits per heavy atom. The number of nitrogens with zero attached hydrogens (tertiary/aromatic N) is 1. The molecule has 0 aliphatic carbocycles. The lowest BCUT2D eigenvalue weighted by molar-refractivity contribution is -0.137. The first-order valence-electron chi connectivity index (χ1n) is 6.23. The molecule has 2 unspecified atom stereocenters. The average Bonchev–Trinajstić information content (AvgIpc) is 2.75. The van der Waals surface area contributed by atoms with Gasteiger partial charge in [-0.3, -0.25) is 4.79 Å². The maximum absolute atomic E-state index is 11.8. The lowest BCUT2D eigenvalue weighted by atomic mass is 10.0. The smallest absolute Gasteiger partial charge is 0.317 e. The first-order valence-corrected chi connectivity index (χ1v) is 6.23. The second-order valence-electron chi connectivity index (χ2n) is 4.79. The molecule has 100 valence electrons. The molecule has 1 rings (SSSR count). The normalized spacial score (nSPS) is 20.2. The fourth-order valence-corrected chi connectivity index (χ4v) is 2.11. The molecule has 0 saturated carbocycles. The molecule has 5 heteroatoms. The predicted octanol–water partition coefficient (Wildman–Crippen LogP) is 1.29. The van der Waals surface area contributed by atoms with Gasteiger partial charge in [0.1, 0.15) is 0 Å². The van der Waals surface area contributed by atoms with Gasteiger partial charge in [-0.05, 0) is 25.7 Å². The summed E-state index contributed by atoms with van der Waals surface area (Å²) in [7, 11) is 0. The number of terminal acetylenes is 1. The Bertz CT molecular complexity index is 349. The van der Waals surface area contributed by atoms with Crippen molar-refractivity contribution in [3.05, 3.63) is 0 Å². The Morgan fingerprint density at radius 2 is 2.33 bits per heavy atom. The van der Waals surface area contributed by atoms with Crippen LogP contribution in [0.2, 0.25) is 0 Å². The molecule has 2 N–H and O–H groups in total. The van der Waals surface area contributed by atoms with Gasteiger partial charge in [-0.15, -0.1) is 12.3 Å². The van der Waals surface area contributed by atoms with Crippen molar-refractivity contribution in [3.63, 3.8) is 0 Å². The number of rotatable bonds is 5. The van der Waals surface area contributed by atoms with Gasteiger partial charge in [0.2, 0.25) is 0 Å². The second kappa shape index (κ2) is 6.90. The number of hydrogen-bond acceptors (Lipinski definition) is 2. The van der Waals surface area contributed by atoms with Gasteiger partial charge in [-0.1, -0.05) is 0 Å². The number of amides is 2. The first kappa shape index (κ1) is 14.4. The van der Waals surface area contributed by atoms with E-state index in [1.165, 1.54) is 0 Å². The minimum atomic E-state index is -0.777. The summed E-state index contributed by atoms with van der Waals surface area (Å²) in [5.41, 5.74) is 0. The highest BCUT2D eigenvalue weighted by atomic mass is 16.4. The van der Waals surface area contributed by atoms with Crippen LogP contribution in [0.25, 0.3) is 0 Å². The molecular formula is C13H20N2O3. The molecular weight excluding hydrogens is 232 g/mol. The molecule has 0 bridgehead atoms. The molecule has 1 heterocycles. The number of aliphatic carboxylic acids is 1. The Labute approximate surface area is 108 Å². The standard InChI is InChI=1S/C13H20N2O3/c1-3-4-10(2)14-13(18)15-8-7-11(9-15)5-6-12(16)17/h1,10-11H,4-9H2,2H3,(H,14,18)(H,16,17). The van der Waals surface area contributed by atoms with Gasteiger partial charge in [0.05, 0.1) is 0 Å². The molecule has 1 saturated heterocycles. The number of nitrogens with one attached hydrogen (secondary N) is 1. The van der Waals surface area contributed by atoms with Crippen LogP contribution in [0.5, 0.6) is 0 Å². The van der Waals surface area contributed by atoms with Crippen molar-refractivity contribution in [2.75, 3.05) is 13.1 Å². The summed E-state index contributed by atoms with van der Waals surface area (Å²) in [6, 6.07) is -0.129. The summed E-state index contributed by atoms with van der Waals surface area (Å²) >= 11 is 0. The molecule has 2 atom stereocenters. The van der Waals surface area contributed by atoms with E-state index in [0.29, 0.717) is 31.8 Å². The quantitative estimate of drug-likeness (QED) is 0.724. The fraction of sp³-hybridized carbons (Fsp3) is 0.692. The van der Waals surface area contributed by atoms with E-state index < -0.39 is 5.97 Å². The van der Waals surface area contributed by atoms with Crippen LogP contribution in [-0.2, 0) is 4.79 Å². The van der Waals surface area contributed by atoms with E-state index in [0.717, 1.165) is 6.42 Å². The zero-order valence-corrected chi connectivity index (χ0v) is 10.7. The zero-order valence-electron chi connectivity index (χ0n) is 10.7. The van der Waals surface area contributed by atoms with Crippen LogP contribution in [0.15, 0.2) is 0 Å². The maximum atomic E-state index is 11.8. The van der Waals surface area contributed by atoms with Gasteiger partial charge in [-0.2, -0.15) is 0 Å². The molecule has 5 nitrogen and oxygen atoms in total. The lowest BCUT2D eigenvalue weighted by Gasteiger charge is -2.20. The van der Waals surface area contributed by atoms with Gasteiger partial charge in [-0.25, -0.2) is 4.79 Å². The third-order valence-electron chi connectivity index (χ3n) is 3.13. The Balaban J connectivity index is 2.30. The monoisotopic (exact) mass is 252 g/mol. The summed E-state index contributed by atoms with van der Waals surface area (Å²) in [4.78, 5) is 24.1. The number of carboxylic acids is 1. The SMILES string of the molecule is C#CCC(C)NC(=O)N1CCC(CCC(=O)O)C1. The van der Waals surface area contributed by atoms with Crippen molar-refractivity contribution < 1.29 is 14.7 Å². The molecule has 0 spiro atoms. The molecule has 1 aliphatic heterocycles. The summed E-state index contributed by atoms with van der Waals surface area (Å²) in [5, 5.41) is 11.5. The highest BCUT2D eigenvalue weighted by Gasteiger charge is 2.26. The summed E-state index contributed by atoms with van der Waals surface area (Å²) in [6.45, 7) is 3.20. The molecule has 0 aromatic rings. The highest BCUT2D eigenvalue weighted by molar-refractivity contribution is 5.74. The van der Waals surface area contributed by atoms with E-state index in [1.807, 2.05) is 6.92 Å². The largest absolute Gasteiger partial charge is 0.481 e. The highest BCUT2D eigenvalue weighted by Crippen LogP contribution is 2.21. The first-order chi connectivity index (χ1) is 8.52. The van der Waals surface area contributed by atoms with Crippen molar-refractivity contribution >= 4 is 12.0 Å². The average molecular weight is 252 g/mol. The van der Waals surface area contributed by atoms with Crippen LogP contribution in [0.3, 0.4) is 0 Å². The van der Waals surface area contributed by atoms with Gasteiger partial charge < -0.3 is 15.3 Å². The van der Waals surface area contributed by atoms with E-state index in [9.17, 15) is 9.59 Å². The zero-order chi connectivity index (χ0) is 13.5. The molecule has 1 aliphatic rings. The van der Waals surface area contributed by atoms with Crippen molar-refractivity contribution in [1.29, 1.82) is 0 Å². The number of carbonyl (C=O) groups is 2. The van der Waals surface area contributed by atoms with E-state index in [4.69, 9.17) is 11.5 Å². The minimum Gasteiger partial charge on any atom is -0.481 e. The molecule has 0 aromatic heterocycles. The van der Waals surface area contributed by atoms with E-state index in [1.54, 1.807) is 4.90 Å². The van der Waals surface area contributed by atoms with Gasteiger partial charge in [0.25, 0.3) is 0 Å². The topological polar surface area (TPSA) is 69.6 Å². The third-order valence-corrected chi connectivity index (χ3v) is 3.13. The van der Waals surface area contributed by atoms with Crippen molar-refractivity contribution in [3.8, 4) is 12.3 Å². The fourth-order valence-electron chi connectivity index (χ4n) is 2.11. The molecule has 0 radical (unpaired) electrons. The second-order valence-corrected chi connectivity index (χ2v) is 4.79. The van der Waals surface area contributed by atoms with Crippen LogP contribution in [-0.4, -0.2) is 41.1 Å². The molecule has 1 fully saturated rings. The number of urea groups is 1. The van der Waals surface area contributed by atoms with Crippen LogP contribution in [0, 0.1) is 18.3 Å². The predicted molar refractivity (Wildman–Crippen MR) is 68.0 cm³/mol. The van der Waals surface area contributed by atoms with E-state index >= 15 is 0 Å². The van der Waals surface area contributed by atoms with Crippen molar-refractivity contribution in [1.82, 2.24) is 10.2 Å². The Kier molecular flexibility index (Phi) is 5.50. The minimum absolute atomic E-state index is 0.0273.